The molecule has 0 atom stereocenters. The van der Waals surface area contributed by atoms with Crippen molar-refractivity contribution in [2.75, 3.05) is 26.4 Å². The number of hydrogen-bond donors (Lipinski definition) is 2. The van der Waals surface area contributed by atoms with Crippen LogP contribution in [0.4, 0.5) is 0 Å². The van der Waals surface area contributed by atoms with E-state index in [0.29, 0.717) is 49.1 Å². The largest absolute Gasteiger partial charge is 0.493 e. The maximum absolute atomic E-state index is 10.2. The number of aryl methyl sites for hydroxylation is 2. The number of imidazole rings is 2. The van der Waals surface area contributed by atoms with Gasteiger partial charge in [0.05, 0.1) is 12.4 Å². The van der Waals surface area contributed by atoms with Crippen molar-refractivity contribution in [3.05, 3.63) is 21.9 Å². The predicted octanol–water partition coefficient (Wildman–Crippen LogP) is 6.15. The van der Waals surface area contributed by atoms with E-state index in [-0.39, 0.29) is 22.6 Å². The second-order valence-electron chi connectivity index (χ2n) is 11.0. The van der Waals surface area contributed by atoms with Gasteiger partial charge in [0.15, 0.2) is 9.54 Å². The van der Waals surface area contributed by atoms with Gasteiger partial charge in [-0.05, 0) is 74.8 Å². The Balaban J connectivity index is 1.58. The summed E-state index contributed by atoms with van der Waals surface area (Å²) in [5, 5.41) is 20.4. The van der Waals surface area contributed by atoms with Crippen LogP contribution < -0.4 is 0 Å². The van der Waals surface area contributed by atoms with E-state index >= 15 is 0 Å². The highest BCUT2D eigenvalue weighted by Gasteiger charge is 2.22. The van der Waals surface area contributed by atoms with Crippen molar-refractivity contribution < 1.29 is 19.7 Å². The first-order valence-corrected chi connectivity index (χ1v) is 13.9. The van der Waals surface area contributed by atoms with Crippen LogP contribution in [0.15, 0.2) is 12.4 Å². The van der Waals surface area contributed by atoms with Gasteiger partial charge >= 0.3 is 0 Å². The van der Waals surface area contributed by atoms with Crippen LogP contribution in [0.25, 0.3) is 0 Å². The van der Waals surface area contributed by atoms with E-state index in [0.717, 1.165) is 38.8 Å². The molecular weight excluding hydrogens is 496 g/mol. The highest BCUT2D eigenvalue weighted by molar-refractivity contribution is 7.71. The molecule has 0 amide bonds. The number of aromatic hydroxyl groups is 2. The molecule has 0 fully saturated rings. The Hall–Kier alpha value is -1.62. The van der Waals surface area contributed by atoms with Gasteiger partial charge in [0.1, 0.15) is 0 Å². The maximum Gasteiger partial charge on any atom is 0.210 e. The molecule has 2 aromatic rings. The zero-order valence-electron chi connectivity index (χ0n) is 23.0. The van der Waals surface area contributed by atoms with Gasteiger partial charge in [-0.25, -0.2) is 0 Å². The van der Waals surface area contributed by atoms with E-state index in [4.69, 9.17) is 33.9 Å². The summed E-state index contributed by atoms with van der Waals surface area (Å²) in [4.78, 5) is 0. The molecule has 2 heterocycles. The minimum Gasteiger partial charge on any atom is -0.493 e. The van der Waals surface area contributed by atoms with E-state index in [2.05, 4.69) is 27.7 Å². The van der Waals surface area contributed by atoms with Crippen LogP contribution in [0.2, 0.25) is 0 Å². The van der Waals surface area contributed by atoms with Gasteiger partial charge in [-0.2, -0.15) is 0 Å². The summed E-state index contributed by atoms with van der Waals surface area (Å²) in [6.45, 7) is 18.3. The molecule has 0 aliphatic carbocycles. The molecule has 0 bridgehead atoms. The summed E-state index contributed by atoms with van der Waals surface area (Å²) >= 11 is 10.9. The summed E-state index contributed by atoms with van der Waals surface area (Å²) in [6, 6.07) is 0. The lowest BCUT2D eigenvalue weighted by molar-refractivity contribution is 0.0634. The molecular formula is C26H46N4O4S2. The molecule has 2 aromatic heterocycles. The van der Waals surface area contributed by atoms with Crippen LogP contribution in [0.5, 0.6) is 11.8 Å². The minimum atomic E-state index is -0.0425. The third kappa shape index (κ3) is 9.04. The van der Waals surface area contributed by atoms with Crippen LogP contribution in [-0.2, 0) is 35.7 Å². The van der Waals surface area contributed by atoms with Crippen LogP contribution in [0, 0.1) is 20.4 Å². The number of rotatable bonds is 17. The fourth-order valence-corrected chi connectivity index (χ4v) is 4.95. The molecule has 2 rings (SSSR count). The molecule has 8 nitrogen and oxygen atoms in total. The fraction of sp³-hybridized carbons (Fsp3) is 0.769. The summed E-state index contributed by atoms with van der Waals surface area (Å²) in [5.41, 5.74) is -0.0335. The molecule has 0 unspecified atom stereocenters. The van der Waals surface area contributed by atoms with Crippen molar-refractivity contribution in [3.63, 3.8) is 0 Å². The second kappa shape index (κ2) is 13.8. The summed E-state index contributed by atoms with van der Waals surface area (Å²) in [5.74, 6) is 0.446. The minimum absolute atomic E-state index is 0.00905. The van der Waals surface area contributed by atoms with Crippen molar-refractivity contribution in [3.8, 4) is 11.8 Å². The van der Waals surface area contributed by atoms with Crippen LogP contribution in [0.3, 0.4) is 0 Å². The summed E-state index contributed by atoms with van der Waals surface area (Å²) < 4.78 is 20.3. The molecule has 0 saturated heterocycles. The third-order valence-corrected chi connectivity index (χ3v) is 7.46. The topological polar surface area (TPSA) is 78.6 Å². The lowest BCUT2D eigenvalue weighted by Crippen LogP contribution is -2.22. The lowest BCUT2D eigenvalue weighted by Gasteiger charge is -2.25. The first-order chi connectivity index (χ1) is 16.9. The SMILES string of the molecule is CCn1cc(O)n(CC(C)(C)CCCOCCCOCCC(C)(C)Cn2c(O)cn(CC)c2=S)c1=S. The van der Waals surface area contributed by atoms with Gasteiger partial charge in [0.2, 0.25) is 11.8 Å². The zero-order valence-corrected chi connectivity index (χ0v) is 24.6. The average molecular weight is 543 g/mol. The van der Waals surface area contributed by atoms with Crippen molar-refractivity contribution in [1.29, 1.82) is 0 Å². The molecule has 0 aromatic carbocycles. The Bertz CT molecular complexity index is 981. The van der Waals surface area contributed by atoms with E-state index < -0.39 is 0 Å². The molecule has 0 saturated carbocycles. The molecule has 206 valence electrons. The number of aromatic nitrogens is 4. The Labute approximate surface area is 226 Å². The highest BCUT2D eigenvalue weighted by Crippen LogP contribution is 2.28. The quantitative estimate of drug-likeness (QED) is 0.184. The first-order valence-electron chi connectivity index (χ1n) is 13.0. The Morgan fingerprint density at radius 2 is 1.11 bits per heavy atom. The van der Waals surface area contributed by atoms with Crippen molar-refractivity contribution in [1.82, 2.24) is 18.3 Å². The number of ether oxygens (including phenoxy) is 2. The van der Waals surface area contributed by atoms with Gasteiger partial charge in [-0.3, -0.25) is 9.13 Å². The summed E-state index contributed by atoms with van der Waals surface area (Å²) in [7, 11) is 0. The van der Waals surface area contributed by atoms with Crippen LogP contribution >= 0.6 is 24.4 Å². The maximum atomic E-state index is 10.2. The van der Waals surface area contributed by atoms with E-state index in [1.807, 2.05) is 27.5 Å². The van der Waals surface area contributed by atoms with Crippen molar-refractivity contribution >= 4 is 24.4 Å². The molecule has 0 spiro atoms. The molecule has 36 heavy (non-hydrogen) atoms. The average Bonchev–Trinajstić information content (AvgIpc) is 3.23. The standard InChI is InChI=1S/C26H46N4O4S2/c1-7-27-17-21(31)29(23(27)35)19-25(3,4)11-9-13-33-14-10-15-34-16-12-26(5,6)20-30-22(32)18-28(8-2)24(30)36/h17-18,31-32H,7-16,19-20H2,1-6H3. The van der Waals surface area contributed by atoms with Gasteiger partial charge in [0.25, 0.3) is 0 Å². The Kier molecular flexibility index (Phi) is 11.7. The molecule has 0 aliphatic rings. The van der Waals surface area contributed by atoms with Crippen molar-refractivity contribution in [2.45, 2.75) is 93.4 Å². The summed E-state index contributed by atoms with van der Waals surface area (Å²) in [6.07, 6.45) is 7.08. The fourth-order valence-electron chi connectivity index (χ4n) is 4.27. The Morgan fingerprint density at radius 3 is 1.56 bits per heavy atom. The van der Waals surface area contributed by atoms with E-state index in [1.165, 1.54) is 0 Å². The predicted molar refractivity (Wildman–Crippen MR) is 149 cm³/mol. The van der Waals surface area contributed by atoms with Gasteiger partial charge in [-0.15, -0.1) is 0 Å². The Morgan fingerprint density at radius 1 is 0.694 bits per heavy atom. The smallest absolute Gasteiger partial charge is 0.210 e. The second-order valence-corrected chi connectivity index (χ2v) is 11.8. The third-order valence-electron chi connectivity index (χ3n) is 6.55. The van der Waals surface area contributed by atoms with Crippen LogP contribution in [-0.4, -0.2) is 54.9 Å². The van der Waals surface area contributed by atoms with E-state index in [9.17, 15) is 10.2 Å². The monoisotopic (exact) mass is 542 g/mol. The number of hydrogen-bond acceptors (Lipinski definition) is 6. The van der Waals surface area contributed by atoms with Gasteiger partial charge in [0, 0.05) is 52.6 Å². The molecule has 2 N–H and O–H groups in total. The zero-order chi connectivity index (χ0) is 26.9. The van der Waals surface area contributed by atoms with Crippen LogP contribution in [0.1, 0.15) is 67.2 Å². The van der Waals surface area contributed by atoms with Gasteiger partial charge < -0.3 is 28.8 Å². The molecule has 0 radical (unpaired) electrons. The highest BCUT2D eigenvalue weighted by atomic mass is 32.1. The number of nitrogens with zero attached hydrogens (tertiary/aromatic N) is 4. The molecule has 0 aliphatic heterocycles. The lowest BCUT2D eigenvalue weighted by atomic mass is 9.88. The van der Waals surface area contributed by atoms with Crippen molar-refractivity contribution in [2.24, 2.45) is 10.8 Å². The van der Waals surface area contributed by atoms with E-state index in [1.54, 1.807) is 17.0 Å². The molecule has 10 heteroatoms. The van der Waals surface area contributed by atoms with Gasteiger partial charge in [-0.1, -0.05) is 27.7 Å². The first kappa shape index (κ1) is 30.6. The normalized spacial score (nSPS) is 12.5.